The maximum Gasteiger partial charge on any atom is 0.179 e. The molecule has 1 rings (SSSR count). The third-order valence-electron chi connectivity index (χ3n) is 2.79. The SMILES string of the molecule is C=CC(C)NCCS(=O)(=O)c1cccc(/C(N)=N/O)c1. The number of hydrogen-bond acceptors (Lipinski definition) is 5. The molecule has 0 aliphatic rings. The molecule has 1 aromatic carbocycles. The van der Waals surface area contributed by atoms with Crippen LogP contribution in [0.4, 0.5) is 0 Å². The lowest BCUT2D eigenvalue weighted by Gasteiger charge is -2.10. The highest BCUT2D eigenvalue weighted by atomic mass is 32.2. The van der Waals surface area contributed by atoms with Gasteiger partial charge in [-0.2, -0.15) is 0 Å². The Bertz CT molecular complexity index is 597. The van der Waals surface area contributed by atoms with Gasteiger partial charge < -0.3 is 16.3 Å². The summed E-state index contributed by atoms with van der Waals surface area (Å²) < 4.78 is 24.3. The number of nitrogens with two attached hydrogens (primary N) is 1. The van der Waals surface area contributed by atoms with Gasteiger partial charge in [0.2, 0.25) is 0 Å². The summed E-state index contributed by atoms with van der Waals surface area (Å²) in [6.45, 7) is 5.82. The average Bonchev–Trinajstić information content (AvgIpc) is 2.46. The lowest BCUT2D eigenvalue weighted by atomic mass is 10.2. The summed E-state index contributed by atoms with van der Waals surface area (Å²) in [5.74, 6) is -0.161. The molecule has 20 heavy (non-hydrogen) atoms. The molecule has 4 N–H and O–H groups in total. The molecule has 0 heterocycles. The Hall–Kier alpha value is -1.86. The molecule has 110 valence electrons. The number of rotatable bonds is 7. The second-order valence-corrected chi connectivity index (χ2v) is 6.42. The molecule has 1 unspecified atom stereocenters. The minimum absolute atomic E-state index is 0.0369. The largest absolute Gasteiger partial charge is 0.409 e. The van der Waals surface area contributed by atoms with Crippen molar-refractivity contribution in [2.45, 2.75) is 17.9 Å². The van der Waals surface area contributed by atoms with E-state index < -0.39 is 9.84 Å². The van der Waals surface area contributed by atoms with Crippen LogP contribution in [0.5, 0.6) is 0 Å². The van der Waals surface area contributed by atoms with E-state index in [1.54, 1.807) is 18.2 Å². The maximum atomic E-state index is 12.2. The van der Waals surface area contributed by atoms with Crippen molar-refractivity contribution < 1.29 is 13.6 Å². The van der Waals surface area contributed by atoms with Gasteiger partial charge in [0.25, 0.3) is 0 Å². The second-order valence-electron chi connectivity index (χ2n) is 4.31. The fourth-order valence-corrected chi connectivity index (χ4v) is 2.74. The van der Waals surface area contributed by atoms with E-state index in [9.17, 15) is 8.42 Å². The smallest absolute Gasteiger partial charge is 0.179 e. The van der Waals surface area contributed by atoms with Gasteiger partial charge in [-0.1, -0.05) is 23.4 Å². The molecule has 0 aromatic heterocycles. The lowest BCUT2D eigenvalue weighted by Crippen LogP contribution is -2.29. The number of oxime groups is 1. The summed E-state index contributed by atoms with van der Waals surface area (Å²) in [7, 11) is -3.42. The molecule has 0 aliphatic carbocycles. The summed E-state index contributed by atoms with van der Waals surface area (Å²) in [4.78, 5) is 0.148. The molecule has 0 amide bonds. The van der Waals surface area contributed by atoms with Gasteiger partial charge in [-0.05, 0) is 19.1 Å². The monoisotopic (exact) mass is 297 g/mol. The van der Waals surface area contributed by atoms with E-state index in [2.05, 4.69) is 17.1 Å². The molecule has 0 saturated carbocycles. The van der Waals surface area contributed by atoms with Crippen molar-refractivity contribution in [1.29, 1.82) is 0 Å². The van der Waals surface area contributed by atoms with Gasteiger partial charge >= 0.3 is 0 Å². The first-order valence-electron chi connectivity index (χ1n) is 6.07. The minimum atomic E-state index is -3.42. The Morgan fingerprint density at radius 2 is 2.30 bits per heavy atom. The van der Waals surface area contributed by atoms with Gasteiger partial charge in [0.15, 0.2) is 15.7 Å². The van der Waals surface area contributed by atoms with Crippen LogP contribution in [0.25, 0.3) is 0 Å². The lowest BCUT2D eigenvalue weighted by molar-refractivity contribution is 0.318. The Labute approximate surface area is 118 Å². The molecule has 1 aromatic rings. The Morgan fingerprint density at radius 3 is 2.90 bits per heavy atom. The summed E-state index contributed by atoms with van der Waals surface area (Å²) >= 11 is 0. The standard InChI is InChI=1S/C13H19N3O3S/c1-3-10(2)15-7-8-20(18,19)12-6-4-5-11(9-12)13(14)16-17/h3-6,9-10,15,17H,1,7-8H2,2H3,(H2,14,16). The second kappa shape index (κ2) is 7.06. The third kappa shape index (κ3) is 4.36. The number of sulfone groups is 1. The van der Waals surface area contributed by atoms with Crippen LogP contribution in [-0.4, -0.2) is 37.8 Å². The molecule has 0 spiro atoms. The zero-order chi connectivity index (χ0) is 15.2. The Balaban J connectivity index is 2.85. The van der Waals surface area contributed by atoms with Crippen LogP contribution in [0.2, 0.25) is 0 Å². The highest BCUT2D eigenvalue weighted by molar-refractivity contribution is 7.91. The molecular formula is C13H19N3O3S. The van der Waals surface area contributed by atoms with Crippen LogP contribution in [0, 0.1) is 0 Å². The van der Waals surface area contributed by atoms with Crippen molar-refractivity contribution in [2.75, 3.05) is 12.3 Å². The summed E-state index contributed by atoms with van der Waals surface area (Å²) in [5, 5.41) is 14.5. The van der Waals surface area contributed by atoms with Gasteiger partial charge in [-0.3, -0.25) is 0 Å². The van der Waals surface area contributed by atoms with Crippen LogP contribution in [0.1, 0.15) is 12.5 Å². The fourth-order valence-electron chi connectivity index (χ4n) is 1.53. The normalized spacial score (nSPS) is 13.9. The predicted octanol–water partition coefficient (Wildman–Crippen LogP) is 0.719. The molecule has 6 nitrogen and oxygen atoms in total. The van der Waals surface area contributed by atoms with Gasteiger partial charge in [-0.25, -0.2) is 8.42 Å². The molecule has 1 atom stereocenters. The van der Waals surface area contributed by atoms with Crippen LogP contribution < -0.4 is 11.1 Å². The zero-order valence-corrected chi connectivity index (χ0v) is 12.1. The molecule has 0 fully saturated rings. The van der Waals surface area contributed by atoms with Crippen LogP contribution in [0.15, 0.2) is 47.0 Å². The third-order valence-corrected chi connectivity index (χ3v) is 4.50. The highest BCUT2D eigenvalue weighted by Crippen LogP contribution is 2.13. The number of hydrogen-bond donors (Lipinski definition) is 3. The quantitative estimate of drug-likeness (QED) is 0.226. The zero-order valence-electron chi connectivity index (χ0n) is 11.3. The van der Waals surface area contributed by atoms with Crippen LogP contribution in [-0.2, 0) is 9.84 Å². The number of nitrogens with one attached hydrogen (secondary N) is 1. The predicted molar refractivity (Wildman–Crippen MR) is 78.7 cm³/mol. The fraction of sp³-hybridized carbons (Fsp3) is 0.308. The molecule has 0 bridgehead atoms. The average molecular weight is 297 g/mol. The first kappa shape index (κ1) is 16.2. The summed E-state index contributed by atoms with van der Waals surface area (Å²) in [6.07, 6.45) is 1.70. The van der Waals surface area contributed by atoms with E-state index >= 15 is 0 Å². The van der Waals surface area contributed by atoms with E-state index in [4.69, 9.17) is 10.9 Å². The van der Waals surface area contributed by atoms with Crippen molar-refractivity contribution >= 4 is 15.7 Å². The number of nitrogens with zero attached hydrogens (tertiary/aromatic N) is 1. The van der Waals surface area contributed by atoms with E-state index in [1.165, 1.54) is 12.1 Å². The van der Waals surface area contributed by atoms with Crippen molar-refractivity contribution in [3.63, 3.8) is 0 Å². The van der Waals surface area contributed by atoms with E-state index in [1.807, 2.05) is 6.92 Å². The topological polar surface area (TPSA) is 105 Å². The highest BCUT2D eigenvalue weighted by Gasteiger charge is 2.15. The van der Waals surface area contributed by atoms with Crippen molar-refractivity contribution in [3.05, 3.63) is 42.5 Å². The molecule has 0 aliphatic heterocycles. The maximum absolute atomic E-state index is 12.2. The van der Waals surface area contributed by atoms with Gasteiger partial charge in [0.1, 0.15) is 0 Å². The van der Waals surface area contributed by atoms with Crippen molar-refractivity contribution in [3.8, 4) is 0 Å². The first-order valence-corrected chi connectivity index (χ1v) is 7.72. The molecule has 7 heteroatoms. The minimum Gasteiger partial charge on any atom is -0.409 e. The van der Waals surface area contributed by atoms with Crippen LogP contribution >= 0.6 is 0 Å². The molecule has 0 saturated heterocycles. The summed E-state index contributed by atoms with van der Waals surface area (Å²) in [5.41, 5.74) is 5.81. The van der Waals surface area contributed by atoms with Crippen molar-refractivity contribution in [2.24, 2.45) is 10.9 Å². The number of benzene rings is 1. The molecular weight excluding hydrogens is 278 g/mol. The number of amidine groups is 1. The van der Waals surface area contributed by atoms with E-state index in [0.717, 1.165) is 0 Å². The van der Waals surface area contributed by atoms with Gasteiger partial charge in [-0.15, -0.1) is 6.58 Å². The Morgan fingerprint density at radius 1 is 1.60 bits per heavy atom. The first-order chi connectivity index (χ1) is 9.40. The summed E-state index contributed by atoms with van der Waals surface area (Å²) in [6, 6.07) is 6.06. The van der Waals surface area contributed by atoms with E-state index in [0.29, 0.717) is 12.1 Å². The molecule has 0 radical (unpaired) electrons. The van der Waals surface area contributed by atoms with Crippen LogP contribution in [0.3, 0.4) is 0 Å². The van der Waals surface area contributed by atoms with Gasteiger partial charge in [0, 0.05) is 18.2 Å². The Kier molecular flexibility index (Phi) is 5.72. The van der Waals surface area contributed by atoms with E-state index in [-0.39, 0.29) is 22.5 Å². The van der Waals surface area contributed by atoms with Gasteiger partial charge in [0.05, 0.1) is 10.6 Å². The van der Waals surface area contributed by atoms with Crippen molar-refractivity contribution in [1.82, 2.24) is 5.32 Å².